The van der Waals surface area contributed by atoms with Crippen molar-refractivity contribution in [1.29, 1.82) is 0 Å². The molecule has 1 aliphatic rings. The zero-order chi connectivity index (χ0) is 24.2. The second-order valence-electron chi connectivity index (χ2n) is 8.65. The standard InChI is InChI=1S/C26H29ClN4O2S/c1-5-32-21-11-9-18(10-12-21)24-29-25(33-30-24)22-17(4)31(14-13-16(2)3)26(34)28-23(22)19-7-6-8-20(27)15-19/h6-12,15-16,23H,5,13-14H2,1-4H3,(H,28,34). The summed E-state index contributed by atoms with van der Waals surface area (Å²) in [5.74, 6) is 2.33. The summed E-state index contributed by atoms with van der Waals surface area (Å²) in [6, 6.07) is 15.2. The van der Waals surface area contributed by atoms with Gasteiger partial charge >= 0.3 is 0 Å². The minimum absolute atomic E-state index is 0.255. The maximum Gasteiger partial charge on any atom is 0.258 e. The molecule has 178 valence electrons. The first-order valence-electron chi connectivity index (χ1n) is 11.5. The van der Waals surface area contributed by atoms with Crippen LogP contribution in [-0.4, -0.2) is 33.3 Å². The quantitative estimate of drug-likeness (QED) is 0.357. The van der Waals surface area contributed by atoms with Crippen LogP contribution in [0.4, 0.5) is 0 Å². The van der Waals surface area contributed by atoms with Crippen LogP contribution in [0, 0.1) is 5.92 Å². The molecule has 0 saturated carbocycles. The van der Waals surface area contributed by atoms with Gasteiger partial charge in [0, 0.05) is 22.8 Å². The summed E-state index contributed by atoms with van der Waals surface area (Å²) in [6.07, 6.45) is 1.01. The predicted molar refractivity (Wildman–Crippen MR) is 140 cm³/mol. The second kappa shape index (κ2) is 10.6. The van der Waals surface area contributed by atoms with Crippen molar-refractivity contribution in [3.05, 3.63) is 70.7 Å². The second-order valence-corrected chi connectivity index (χ2v) is 9.47. The Morgan fingerprint density at radius 3 is 2.65 bits per heavy atom. The molecule has 0 spiro atoms. The van der Waals surface area contributed by atoms with E-state index in [0.29, 0.717) is 34.4 Å². The van der Waals surface area contributed by atoms with Gasteiger partial charge in [0.1, 0.15) is 5.75 Å². The average molecular weight is 497 g/mol. The first-order valence-corrected chi connectivity index (χ1v) is 12.3. The van der Waals surface area contributed by atoms with E-state index in [0.717, 1.165) is 41.1 Å². The largest absolute Gasteiger partial charge is 0.494 e. The summed E-state index contributed by atoms with van der Waals surface area (Å²) in [5.41, 5.74) is 3.72. The fourth-order valence-corrected chi connectivity index (χ4v) is 4.51. The molecular formula is C26H29ClN4O2S. The Balaban J connectivity index is 1.74. The number of benzene rings is 2. The maximum atomic E-state index is 6.31. The van der Waals surface area contributed by atoms with Crippen molar-refractivity contribution in [1.82, 2.24) is 20.4 Å². The third-order valence-corrected chi connectivity index (χ3v) is 6.36. The number of rotatable bonds is 8. The lowest BCUT2D eigenvalue weighted by Crippen LogP contribution is -2.46. The van der Waals surface area contributed by atoms with Crippen molar-refractivity contribution in [3.8, 4) is 17.1 Å². The van der Waals surface area contributed by atoms with Crippen LogP contribution in [0.1, 0.15) is 51.6 Å². The molecule has 0 saturated heterocycles. The fourth-order valence-electron chi connectivity index (χ4n) is 3.97. The number of hydrogen-bond donors (Lipinski definition) is 1. The summed E-state index contributed by atoms with van der Waals surface area (Å²) < 4.78 is 11.3. The molecule has 1 N–H and O–H groups in total. The molecule has 1 unspecified atom stereocenters. The molecule has 0 radical (unpaired) electrons. The van der Waals surface area contributed by atoms with E-state index in [1.807, 2.05) is 55.5 Å². The monoisotopic (exact) mass is 496 g/mol. The molecule has 0 aliphatic carbocycles. The molecule has 2 aromatic carbocycles. The molecule has 8 heteroatoms. The van der Waals surface area contributed by atoms with E-state index in [1.54, 1.807) is 0 Å². The van der Waals surface area contributed by atoms with Gasteiger partial charge in [0.2, 0.25) is 5.82 Å². The van der Waals surface area contributed by atoms with E-state index in [1.165, 1.54) is 0 Å². The van der Waals surface area contributed by atoms with Crippen LogP contribution in [-0.2, 0) is 0 Å². The van der Waals surface area contributed by atoms with Gasteiger partial charge in [-0.1, -0.05) is 42.7 Å². The molecule has 0 bridgehead atoms. The van der Waals surface area contributed by atoms with Crippen LogP contribution >= 0.6 is 23.8 Å². The van der Waals surface area contributed by atoms with Crippen LogP contribution < -0.4 is 10.1 Å². The Morgan fingerprint density at radius 2 is 1.97 bits per heavy atom. The molecule has 1 atom stereocenters. The SMILES string of the molecule is CCOc1ccc(-c2noc(C3=C(C)N(CCC(C)C)C(=S)NC3c3cccc(Cl)c3)n2)cc1. The van der Waals surface area contributed by atoms with Crippen LogP contribution in [0.3, 0.4) is 0 Å². The van der Waals surface area contributed by atoms with Gasteiger partial charge < -0.3 is 19.5 Å². The Labute approximate surface area is 210 Å². The van der Waals surface area contributed by atoms with Crippen LogP contribution in [0.2, 0.25) is 5.02 Å². The topological polar surface area (TPSA) is 63.4 Å². The van der Waals surface area contributed by atoms with Crippen LogP contribution in [0.15, 0.2) is 58.8 Å². The third kappa shape index (κ3) is 5.26. The van der Waals surface area contributed by atoms with Gasteiger partial charge in [-0.15, -0.1) is 0 Å². The van der Waals surface area contributed by atoms with Crippen LogP contribution in [0.5, 0.6) is 5.75 Å². The summed E-state index contributed by atoms with van der Waals surface area (Å²) in [5, 5.41) is 9.09. The van der Waals surface area contributed by atoms with E-state index in [4.69, 9.17) is 38.1 Å². The predicted octanol–water partition coefficient (Wildman–Crippen LogP) is 6.50. The van der Waals surface area contributed by atoms with Gasteiger partial charge in [0.25, 0.3) is 5.89 Å². The highest BCUT2D eigenvalue weighted by Crippen LogP contribution is 2.38. The molecule has 2 heterocycles. The number of ether oxygens (including phenoxy) is 1. The third-order valence-electron chi connectivity index (χ3n) is 5.79. The highest BCUT2D eigenvalue weighted by molar-refractivity contribution is 7.80. The van der Waals surface area contributed by atoms with Crippen molar-refractivity contribution in [2.24, 2.45) is 5.92 Å². The Hall–Kier alpha value is -2.90. The van der Waals surface area contributed by atoms with Gasteiger partial charge in [-0.3, -0.25) is 0 Å². The van der Waals surface area contributed by atoms with Gasteiger partial charge in [-0.2, -0.15) is 4.98 Å². The van der Waals surface area contributed by atoms with E-state index < -0.39 is 0 Å². The minimum atomic E-state index is -0.255. The smallest absolute Gasteiger partial charge is 0.258 e. The summed E-state index contributed by atoms with van der Waals surface area (Å²) in [6.45, 7) is 9.85. The highest BCUT2D eigenvalue weighted by Gasteiger charge is 2.34. The zero-order valence-corrected chi connectivity index (χ0v) is 21.4. The number of thiocarbonyl (C=S) groups is 1. The summed E-state index contributed by atoms with van der Waals surface area (Å²) in [4.78, 5) is 6.88. The number of nitrogens with zero attached hydrogens (tertiary/aromatic N) is 3. The fraction of sp³-hybridized carbons (Fsp3) is 0.346. The number of allylic oxidation sites excluding steroid dienone is 1. The molecule has 0 fully saturated rings. The van der Waals surface area contributed by atoms with Crippen molar-refractivity contribution >= 4 is 34.5 Å². The first-order chi connectivity index (χ1) is 16.4. The normalized spacial score (nSPS) is 16.2. The average Bonchev–Trinajstić information content (AvgIpc) is 3.29. The molecule has 4 rings (SSSR count). The van der Waals surface area contributed by atoms with Gasteiger partial charge in [-0.25, -0.2) is 0 Å². The lowest BCUT2D eigenvalue weighted by molar-refractivity contribution is 0.340. The van der Waals surface area contributed by atoms with Gasteiger partial charge in [-0.05, 0) is 80.4 Å². The maximum absolute atomic E-state index is 6.31. The molecule has 6 nitrogen and oxygen atoms in total. The summed E-state index contributed by atoms with van der Waals surface area (Å²) >= 11 is 12.1. The van der Waals surface area contributed by atoms with E-state index >= 15 is 0 Å². The Kier molecular flexibility index (Phi) is 7.54. The molecule has 1 aliphatic heterocycles. The minimum Gasteiger partial charge on any atom is -0.494 e. The van der Waals surface area contributed by atoms with E-state index in [9.17, 15) is 0 Å². The van der Waals surface area contributed by atoms with E-state index in [2.05, 4.69) is 36.1 Å². The van der Waals surface area contributed by atoms with Crippen molar-refractivity contribution in [3.63, 3.8) is 0 Å². The number of halogens is 1. The van der Waals surface area contributed by atoms with Crippen LogP contribution in [0.25, 0.3) is 17.0 Å². The molecule has 3 aromatic rings. The van der Waals surface area contributed by atoms with Gasteiger partial charge in [0.15, 0.2) is 5.11 Å². The van der Waals surface area contributed by atoms with Crippen molar-refractivity contribution < 1.29 is 9.26 Å². The van der Waals surface area contributed by atoms with Crippen molar-refractivity contribution in [2.75, 3.05) is 13.2 Å². The summed E-state index contributed by atoms with van der Waals surface area (Å²) in [7, 11) is 0. The molecular weight excluding hydrogens is 468 g/mol. The van der Waals surface area contributed by atoms with E-state index in [-0.39, 0.29) is 6.04 Å². The van der Waals surface area contributed by atoms with Gasteiger partial charge in [0.05, 0.1) is 18.2 Å². The first kappa shape index (κ1) is 24.2. The Bertz CT molecular complexity index is 1190. The lowest BCUT2D eigenvalue weighted by Gasteiger charge is -2.37. The number of hydrogen-bond acceptors (Lipinski definition) is 5. The lowest BCUT2D eigenvalue weighted by atomic mass is 9.94. The Morgan fingerprint density at radius 1 is 1.21 bits per heavy atom. The zero-order valence-electron chi connectivity index (χ0n) is 19.8. The molecule has 0 amide bonds. The number of aromatic nitrogens is 2. The number of nitrogens with one attached hydrogen (secondary N) is 1. The molecule has 1 aromatic heterocycles. The van der Waals surface area contributed by atoms with Crippen molar-refractivity contribution in [2.45, 2.75) is 40.2 Å². The highest BCUT2D eigenvalue weighted by atomic mass is 35.5. The molecule has 34 heavy (non-hydrogen) atoms.